The van der Waals surface area contributed by atoms with Gasteiger partial charge in [0.25, 0.3) is 0 Å². The third-order valence-electron chi connectivity index (χ3n) is 3.28. The van der Waals surface area contributed by atoms with Gasteiger partial charge in [0, 0.05) is 11.0 Å². The predicted octanol–water partition coefficient (Wildman–Crippen LogP) is 2.63. The Kier molecular flexibility index (Phi) is 3.90. The minimum Gasteiger partial charge on any atom is -0.372 e. The second kappa shape index (κ2) is 5.05. The van der Waals surface area contributed by atoms with E-state index in [-0.39, 0.29) is 18.5 Å². The van der Waals surface area contributed by atoms with Crippen LogP contribution >= 0.6 is 28.3 Å². The van der Waals surface area contributed by atoms with E-state index in [9.17, 15) is 0 Å². The minimum absolute atomic E-state index is 0. The summed E-state index contributed by atoms with van der Waals surface area (Å²) in [6, 6.07) is 4.42. The van der Waals surface area contributed by atoms with Gasteiger partial charge in [0.1, 0.15) is 0 Å². The van der Waals surface area contributed by atoms with E-state index in [0.717, 1.165) is 32.5 Å². The molecule has 0 radical (unpaired) electrons. The van der Waals surface area contributed by atoms with Crippen molar-refractivity contribution in [2.24, 2.45) is 0 Å². The fourth-order valence-corrected chi connectivity index (χ4v) is 3.11. The van der Waals surface area contributed by atoms with Gasteiger partial charge >= 0.3 is 0 Å². The summed E-state index contributed by atoms with van der Waals surface area (Å²) in [6.45, 7) is 2.87. The molecule has 16 heavy (non-hydrogen) atoms. The van der Waals surface area contributed by atoms with Crippen molar-refractivity contribution in [1.82, 2.24) is 5.32 Å². The van der Waals surface area contributed by atoms with Crippen LogP contribution < -0.4 is 5.32 Å². The van der Waals surface area contributed by atoms with Crippen molar-refractivity contribution in [3.05, 3.63) is 33.3 Å². The van der Waals surface area contributed by atoms with Crippen molar-refractivity contribution in [2.75, 3.05) is 19.7 Å². The number of halogens is 2. The van der Waals surface area contributed by atoms with Crippen molar-refractivity contribution in [1.29, 1.82) is 0 Å². The van der Waals surface area contributed by atoms with Crippen LogP contribution in [0.25, 0.3) is 0 Å². The molecule has 1 N–H and O–H groups in total. The molecule has 0 spiro atoms. The Hall–Kier alpha value is -0.0900. The summed E-state index contributed by atoms with van der Waals surface area (Å²) in [4.78, 5) is 0. The summed E-state index contributed by atoms with van der Waals surface area (Å²) in [7, 11) is 0. The molecule has 0 aromatic heterocycles. The van der Waals surface area contributed by atoms with E-state index in [1.165, 1.54) is 21.2 Å². The zero-order valence-corrected chi connectivity index (χ0v) is 11.4. The molecule has 0 bridgehead atoms. The molecule has 88 valence electrons. The molecule has 3 rings (SSSR count). The first-order valence-electron chi connectivity index (χ1n) is 5.49. The number of hydrogen-bond donors (Lipinski definition) is 1. The van der Waals surface area contributed by atoms with E-state index in [1.807, 2.05) is 0 Å². The molecule has 1 atom stereocenters. The van der Waals surface area contributed by atoms with E-state index < -0.39 is 0 Å². The summed E-state index contributed by atoms with van der Waals surface area (Å²) in [5.41, 5.74) is 4.37. The molecule has 0 saturated heterocycles. The topological polar surface area (TPSA) is 21.3 Å². The lowest BCUT2D eigenvalue weighted by molar-refractivity contribution is 0.0439. The Morgan fingerprint density at radius 1 is 1.31 bits per heavy atom. The highest BCUT2D eigenvalue weighted by atomic mass is 79.9. The first-order valence-corrected chi connectivity index (χ1v) is 6.28. The Morgan fingerprint density at radius 2 is 2.19 bits per heavy atom. The van der Waals surface area contributed by atoms with E-state index in [1.54, 1.807) is 0 Å². The molecule has 0 amide bonds. The van der Waals surface area contributed by atoms with E-state index >= 15 is 0 Å². The van der Waals surface area contributed by atoms with Crippen LogP contribution in [0.5, 0.6) is 0 Å². The lowest BCUT2D eigenvalue weighted by atomic mass is 9.92. The van der Waals surface area contributed by atoms with E-state index in [4.69, 9.17) is 4.74 Å². The number of benzene rings is 1. The maximum absolute atomic E-state index is 5.84. The van der Waals surface area contributed by atoms with Crippen LogP contribution in [-0.2, 0) is 17.6 Å². The molecule has 1 aromatic rings. The molecule has 2 aliphatic heterocycles. The Labute approximate surface area is 110 Å². The maximum Gasteiger partial charge on any atom is 0.0955 e. The molecule has 0 aliphatic carbocycles. The highest BCUT2D eigenvalue weighted by molar-refractivity contribution is 9.10. The quantitative estimate of drug-likeness (QED) is 0.795. The zero-order chi connectivity index (χ0) is 10.3. The third-order valence-corrected chi connectivity index (χ3v) is 4.03. The fourth-order valence-electron chi connectivity index (χ4n) is 2.56. The van der Waals surface area contributed by atoms with Crippen molar-refractivity contribution < 1.29 is 4.74 Å². The smallest absolute Gasteiger partial charge is 0.0955 e. The van der Waals surface area contributed by atoms with Crippen LogP contribution in [0.3, 0.4) is 0 Å². The van der Waals surface area contributed by atoms with Crippen LogP contribution in [0.15, 0.2) is 16.6 Å². The van der Waals surface area contributed by atoms with Crippen LogP contribution in [0, 0.1) is 0 Å². The van der Waals surface area contributed by atoms with Crippen molar-refractivity contribution in [3.63, 3.8) is 0 Å². The maximum atomic E-state index is 5.84. The molecule has 2 heterocycles. The van der Waals surface area contributed by atoms with Gasteiger partial charge in [-0.3, -0.25) is 0 Å². The summed E-state index contributed by atoms with van der Waals surface area (Å²) >= 11 is 3.65. The van der Waals surface area contributed by atoms with Crippen molar-refractivity contribution in [3.8, 4) is 0 Å². The van der Waals surface area contributed by atoms with Gasteiger partial charge in [-0.2, -0.15) is 0 Å². The molecule has 1 aromatic carbocycles. The molecule has 4 heteroatoms. The Balaban J connectivity index is 0.000000963. The average molecular weight is 305 g/mol. The van der Waals surface area contributed by atoms with Gasteiger partial charge in [-0.15, -0.1) is 12.4 Å². The summed E-state index contributed by atoms with van der Waals surface area (Å²) in [5, 5.41) is 3.44. The molecular formula is C12H15BrClNO. The Morgan fingerprint density at radius 3 is 3.06 bits per heavy atom. The summed E-state index contributed by atoms with van der Waals surface area (Å²) in [5.74, 6) is 0. The number of nitrogens with one attached hydrogen (secondary N) is 1. The predicted molar refractivity (Wildman–Crippen MR) is 70.4 cm³/mol. The minimum atomic E-state index is 0. The zero-order valence-electron chi connectivity index (χ0n) is 8.96. The van der Waals surface area contributed by atoms with Gasteiger partial charge < -0.3 is 10.1 Å². The molecular weight excluding hydrogens is 289 g/mol. The van der Waals surface area contributed by atoms with Gasteiger partial charge in [0.05, 0.1) is 12.7 Å². The highest BCUT2D eigenvalue weighted by Crippen LogP contribution is 2.35. The van der Waals surface area contributed by atoms with Gasteiger partial charge in [0.15, 0.2) is 0 Å². The first kappa shape index (κ1) is 12.4. The van der Waals surface area contributed by atoms with Crippen molar-refractivity contribution >= 4 is 28.3 Å². The molecule has 1 unspecified atom stereocenters. The summed E-state index contributed by atoms with van der Waals surface area (Å²) < 4.78 is 7.08. The van der Waals surface area contributed by atoms with Gasteiger partial charge in [-0.25, -0.2) is 0 Å². The van der Waals surface area contributed by atoms with E-state index in [0.29, 0.717) is 0 Å². The SMILES string of the molecule is Brc1ccc2c3c1CCOC3CNCC2.Cl. The van der Waals surface area contributed by atoms with E-state index in [2.05, 4.69) is 33.4 Å². The monoisotopic (exact) mass is 303 g/mol. The Bertz CT molecular complexity index is 397. The second-order valence-electron chi connectivity index (χ2n) is 4.16. The van der Waals surface area contributed by atoms with Crippen LogP contribution in [0.1, 0.15) is 22.8 Å². The highest BCUT2D eigenvalue weighted by Gasteiger charge is 2.26. The van der Waals surface area contributed by atoms with Gasteiger partial charge in [-0.1, -0.05) is 22.0 Å². The lowest BCUT2D eigenvalue weighted by Gasteiger charge is -2.27. The normalized spacial score (nSPS) is 22.9. The number of rotatable bonds is 0. The molecule has 0 fully saturated rings. The molecule has 0 saturated carbocycles. The summed E-state index contributed by atoms with van der Waals surface area (Å²) in [6.07, 6.45) is 2.43. The standard InChI is InChI=1S/C12H14BrNO.ClH/c13-10-2-1-8-3-5-14-7-11-12(8)9(10)4-6-15-11;/h1-2,11,14H,3-7H2;1H. The first-order chi connectivity index (χ1) is 7.36. The molecule has 2 nitrogen and oxygen atoms in total. The molecule has 2 aliphatic rings. The lowest BCUT2D eigenvalue weighted by Crippen LogP contribution is -2.25. The number of ether oxygens (including phenoxy) is 1. The second-order valence-corrected chi connectivity index (χ2v) is 5.02. The fraction of sp³-hybridized carbons (Fsp3) is 0.500. The largest absolute Gasteiger partial charge is 0.372 e. The average Bonchev–Trinajstić information content (AvgIpc) is 2.47. The number of hydrogen-bond acceptors (Lipinski definition) is 2. The van der Waals surface area contributed by atoms with Crippen LogP contribution in [0.4, 0.5) is 0 Å². The third kappa shape index (κ3) is 2.02. The van der Waals surface area contributed by atoms with Crippen molar-refractivity contribution in [2.45, 2.75) is 18.9 Å². The van der Waals surface area contributed by atoms with Gasteiger partial charge in [0.2, 0.25) is 0 Å². The van der Waals surface area contributed by atoms with Gasteiger partial charge in [-0.05, 0) is 42.1 Å². The van der Waals surface area contributed by atoms with Crippen LogP contribution in [0.2, 0.25) is 0 Å². The van der Waals surface area contributed by atoms with Crippen LogP contribution in [-0.4, -0.2) is 19.7 Å².